The molecule has 0 bridgehead atoms. The molecule has 1 N–H and O–H groups in total. The van der Waals surface area contributed by atoms with Crippen LogP contribution in [0.15, 0.2) is 36.4 Å². The van der Waals surface area contributed by atoms with E-state index in [-0.39, 0.29) is 12.5 Å². The Balaban J connectivity index is 2.32. The standard InChI is InChI=1S/C16H22N2O3/c1-4-5-6-16(20)21-12-15(19)17-11-13-7-9-14(10-8-13)18(2)3/h5-10H,4,11-12H2,1-3H3,(H,17,19)/b6-5+. The van der Waals surface area contributed by atoms with E-state index in [9.17, 15) is 9.59 Å². The Kier molecular flexibility index (Phi) is 7.01. The Morgan fingerprint density at radius 1 is 1.24 bits per heavy atom. The van der Waals surface area contributed by atoms with Crippen LogP contribution in [0.4, 0.5) is 5.69 Å². The summed E-state index contributed by atoms with van der Waals surface area (Å²) in [6, 6.07) is 7.87. The molecule has 0 spiro atoms. The van der Waals surface area contributed by atoms with Gasteiger partial charge in [-0.2, -0.15) is 0 Å². The van der Waals surface area contributed by atoms with Gasteiger partial charge in [-0.05, 0) is 24.1 Å². The smallest absolute Gasteiger partial charge is 0.330 e. The molecular formula is C16H22N2O3. The Bertz CT molecular complexity index is 493. The first-order chi connectivity index (χ1) is 10.0. The van der Waals surface area contributed by atoms with Gasteiger partial charge in [0.1, 0.15) is 0 Å². The summed E-state index contributed by atoms with van der Waals surface area (Å²) in [6.45, 7) is 2.07. The number of benzene rings is 1. The number of nitrogens with zero attached hydrogens (tertiary/aromatic N) is 1. The normalized spacial score (nSPS) is 10.4. The lowest BCUT2D eigenvalue weighted by atomic mass is 10.2. The average Bonchev–Trinajstić information content (AvgIpc) is 2.49. The van der Waals surface area contributed by atoms with Crippen LogP contribution in [0, 0.1) is 0 Å². The van der Waals surface area contributed by atoms with Crippen LogP contribution in [0.3, 0.4) is 0 Å². The van der Waals surface area contributed by atoms with Crippen LogP contribution in [-0.2, 0) is 20.9 Å². The third kappa shape index (κ3) is 6.61. The molecule has 0 fully saturated rings. The molecule has 0 atom stereocenters. The van der Waals surface area contributed by atoms with Crippen molar-refractivity contribution in [1.82, 2.24) is 5.32 Å². The summed E-state index contributed by atoms with van der Waals surface area (Å²) in [6.07, 6.45) is 3.77. The molecule has 1 aromatic carbocycles. The van der Waals surface area contributed by atoms with Gasteiger partial charge in [-0.25, -0.2) is 4.79 Å². The summed E-state index contributed by atoms with van der Waals surface area (Å²) >= 11 is 0. The minimum Gasteiger partial charge on any atom is -0.452 e. The Hall–Kier alpha value is -2.30. The molecule has 0 heterocycles. The SMILES string of the molecule is CC/C=C/C(=O)OCC(=O)NCc1ccc(N(C)C)cc1. The van der Waals surface area contributed by atoms with Gasteiger partial charge in [-0.1, -0.05) is 25.1 Å². The molecule has 0 aliphatic carbocycles. The van der Waals surface area contributed by atoms with Gasteiger partial charge in [0.05, 0.1) is 0 Å². The number of hydrogen-bond donors (Lipinski definition) is 1. The number of rotatable bonds is 7. The molecule has 1 aromatic rings. The minimum absolute atomic E-state index is 0.261. The highest BCUT2D eigenvalue weighted by Crippen LogP contribution is 2.11. The van der Waals surface area contributed by atoms with E-state index in [0.717, 1.165) is 17.7 Å². The third-order valence-corrected chi connectivity index (χ3v) is 2.78. The van der Waals surface area contributed by atoms with E-state index in [2.05, 4.69) is 5.32 Å². The van der Waals surface area contributed by atoms with Crippen LogP contribution in [0.1, 0.15) is 18.9 Å². The zero-order valence-corrected chi connectivity index (χ0v) is 12.8. The fourth-order valence-electron chi connectivity index (χ4n) is 1.56. The highest BCUT2D eigenvalue weighted by molar-refractivity contribution is 5.85. The van der Waals surface area contributed by atoms with E-state index in [1.165, 1.54) is 6.08 Å². The lowest BCUT2D eigenvalue weighted by Gasteiger charge is -2.12. The summed E-state index contributed by atoms with van der Waals surface area (Å²) in [4.78, 5) is 24.7. The van der Waals surface area contributed by atoms with Gasteiger partial charge in [-0.15, -0.1) is 0 Å². The van der Waals surface area contributed by atoms with Crippen LogP contribution in [-0.4, -0.2) is 32.6 Å². The summed E-state index contributed by atoms with van der Waals surface area (Å²) < 4.78 is 4.80. The van der Waals surface area contributed by atoms with E-state index in [0.29, 0.717) is 6.54 Å². The van der Waals surface area contributed by atoms with Gasteiger partial charge in [0, 0.05) is 32.4 Å². The van der Waals surface area contributed by atoms with E-state index in [1.807, 2.05) is 50.2 Å². The molecule has 0 aliphatic rings. The second-order valence-corrected chi connectivity index (χ2v) is 4.76. The first-order valence-corrected chi connectivity index (χ1v) is 6.89. The minimum atomic E-state index is -0.498. The van der Waals surface area contributed by atoms with Crippen LogP contribution >= 0.6 is 0 Å². The predicted molar refractivity (Wildman–Crippen MR) is 83.0 cm³/mol. The largest absolute Gasteiger partial charge is 0.452 e. The van der Waals surface area contributed by atoms with Gasteiger partial charge >= 0.3 is 5.97 Å². The molecule has 114 valence electrons. The zero-order valence-electron chi connectivity index (χ0n) is 12.8. The number of nitrogens with one attached hydrogen (secondary N) is 1. The van der Waals surface area contributed by atoms with Crippen LogP contribution in [0.5, 0.6) is 0 Å². The van der Waals surface area contributed by atoms with Crippen molar-refractivity contribution in [3.63, 3.8) is 0 Å². The van der Waals surface area contributed by atoms with Gasteiger partial charge in [0.25, 0.3) is 5.91 Å². The van der Waals surface area contributed by atoms with Crippen molar-refractivity contribution in [2.24, 2.45) is 0 Å². The summed E-state index contributed by atoms with van der Waals surface area (Å²) in [5, 5.41) is 2.71. The fraction of sp³-hybridized carbons (Fsp3) is 0.375. The molecule has 0 unspecified atom stereocenters. The number of anilines is 1. The average molecular weight is 290 g/mol. The van der Waals surface area contributed by atoms with Gasteiger partial charge < -0.3 is 15.0 Å². The number of ether oxygens (including phenoxy) is 1. The number of allylic oxidation sites excluding steroid dienone is 1. The molecule has 5 nitrogen and oxygen atoms in total. The molecule has 0 aromatic heterocycles. The van der Waals surface area contributed by atoms with Crippen LogP contribution in [0.25, 0.3) is 0 Å². The van der Waals surface area contributed by atoms with E-state index in [4.69, 9.17) is 4.74 Å². The molecular weight excluding hydrogens is 268 g/mol. The fourth-order valence-corrected chi connectivity index (χ4v) is 1.56. The molecule has 1 amide bonds. The topological polar surface area (TPSA) is 58.6 Å². The molecule has 5 heteroatoms. The maximum Gasteiger partial charge on any atom is 0.330 e. The number of amides is 1. The Labute approximate surface area is 125 Å². The molecule has 21 heavy (non-hydrogen) atoms. The number of carbonyl (C=O) groups excluding carboxylic acids is 2. The maximum absolute atomic E-state index is 11.5. The second kappa shape index (κ2) is 8.79. The summed E-state index contributed by atoms with van der Waals surface area (Å²) in [7, 11) is 3.94. The lowest BCUT2D eigenvalue weighted by Crippen LogP contribution is -2.28. The zero-order chi connectivity index (χ0) is 15.7. The van der Waals surface area contributed by atoms with E-state index in [1.54, 1.807) is 6.08 Å². The number of carbonyl (C=O) groups is 2. The summed E-state index contributed by atoms with van der Waals surface area (Å²) in [5.41, 5.74) is 2.09. The van der Waals surface area contributed by atoms with Crippen LogP contribution in [0.2, 0.25) is 0 Å². The monoisotopic (exact) mass is 290 g/mol. The molecule has 0 saturated carbocycles. The lowest BCUT2D eigenvalue weighted by molar-refractivity contribution is -0.143. The van der Waals surface area contributed by atoms with Crippen molar-refractivity contribution in [3.8, 4) is 0 Å². The Morgan fingerprint density at radius 2 is 1.90 bits per heavy atom. The van der Waals surface area contributed by atoms with Gasteiger partial charge in [0.2, 0.25) is 0 Å². The number of hydrogen-bond acceptors (Lipinski definition) is 4. The predicted octanol–water partition coefficient (Wildman–Crippen LogP) is 1.88. The first-order valence-electron chi connectivity index (χ1n) is 6.89. The van der Waals surface area contributed by atoms with Gasteiger partial charge in [-0.3, -0.25) is 4.79 Å². The van der Waals surface area contributed by atoms with Crippen LogP contribution < -0.4 is 10.2 Å². The molecule has 0 aliphatic heterocycles. The molecule has 0 saturated heterocycles. The van der Waals surface area contributed by atoms with Crippen molar-refractivity contribution in [1.29, 1.82) is 0 Å². The molecule has 0 radical (unpaired) electrons. The number of esters is 1. The maximum atomic E-state index is 11.5. The van der Waals surface area contributed by atoms with Crippen molar-refractivity contribution in [2.75, 3.05) is 25.6 Å². The van der Waals surface area contributed by atoms with Gasteiger partial charge in [0.15, 0.2) is 6.61 Å². The first kappa shape index (κ1) is 16.8. The van der Waals surface area contributed by atoms with Crippen molar-refractivity contribution in [2.45, 2.75) is 19.9 Å². The summed E-state index contributed by atoms with van der Waals surface area (Å²) in [5.74, 6) is -0.813. The quantitative estimate of drug-likeness (QED) is 0.615. The highest BCUT2D eigenvalue weighted by Gasteiger charge is 2.05. The van der Waals surface area contributed by atoms with E-state index < -0.39 is 5.97 Å². The Morgan fingerprint density at radius 3 is 2.48 bits per heavy atom. The van der Waals surface area contributed by atoms with E-state index >= 15 is 0 Å². The van der Waals surface area contributed by atoms with Crippen molar-refractivity contribution >= 4 is 17.6 Å². The third-order valence-electron chi connectivity index (χ3n) is 2.78. The highest BCUT2D eigenvalue weighted by atomic mass is 16.5. The molecule has 1 rings (SSSR count). The van der Waals surface area contributed by atoms with Crippen molar-refractivity contribution in [3.05, 3.63) is 42.0 Å². The second-order valence-electron chi connectivity index (χ2n) is 4.76. The van der Waals surface area contributed by atoms with Crippen molar-refractivity contribution < 1.29 is 14.3 Å².